The number of hydrogen-bond acceptors (Lipinski definition) is 4. The van der Waals surface area contributed by atoms with E-state index in [2.05, 4.69) is 26.1 Å². The maximum Gasteiger partial charge on any atom is 0.244 e. The number of nitrogens with zero attached hydrogens (tertiary/aromatic N) is 2. The second-order valence-corrected chi connectivity index (χ2v) is 4.79. The standard InChI is InChI=1S/C12H10BrN3OS/c13-10-4-2-1-3-8(10)7-17-12-9(11(14)18)5-6-15-16-12/h1-6H,7H2,(H2,14,18). The third-order valence-corrected chi connectivity index (χ3v) is 3.27. The zero-order chi connectivity index (χ0) is 13.0. The van der Waals surface area contributed by atoms with Crippen LogP contribution in [0.5, 0.6) is 5.88 Å². The minimum absolute atomic E-state index is 0.243. The number of benzene rings is 1. The van der Waals surface area contributed by atoms with Gasteiger partial charge in [0.1, 0.15) is 11.6 Å². The van der Waals surface area contributed by atoms with Crippen molar-refractivity contribution in [1.29, 1.82) is 0 Å². The van der Waals surface area contributed by atoms with Crippen LogP contribution in [-0.4, -0.2) is 15.2 Å². The van der Waals surface area contributed by atoms with Gasteiger partial charge < -0.3 is 10.5 Å². The highest BCUT2D eigenvalue weighted by Gasteiger charge is 2.09. The molecule has 0 aliphatic rings. The highest BCUT2D eigenvalue weighted by Crippen LogP contribution is 2.19. The van der Waals surface area contributed by atoms with Crippen molar-refractivity contribution in [2.45, 2.75) is 6.61 Å². The minimum atomic E-state index is 0.243. The third kappa shape index (κ3) is 3.02. The molecule has 92 valence electrons. The van der Waals surface area contributed by atoms with Gasteiger partial charge in [-0.1, -0.05) is 46.3 Å². The molecule has 2 rings (SSSR count). The summed E-state index contributed by atoms with van der Waals surface area (Å²) in [7, 11) is 0. The molecule has 0 atom stereocenters. The summed E-state index contributed by atoms with van der Waals surface area (Å²) in [6.45, 7) is 0.371. The van der Waals surface area contributed by atoms with Crippen LogP contribution in [0.15, 0.2) is 41.0 Å². The SMILES string of the molecule is NC(=S)c1ccnnc1OCc1ccccc1Br. The minimum Gasteiger partial charge on any atom is -0.471 e. The predicted octanol–water partition coefficient (Wildman–Crippen LogP) is 2.45. The van der Waals surface area contributed by atoms with Gasteiger partial charge in [0.2, 0.25) is 5.88 Å². The second kappa shape index (κ2) is 5.88. The van der Waals surface area contributed by atoms with Crippen LogP contribution in [0.1, 0.15) is 11.1 Å². The number of rotatable bonds is 4. The molecule has 0 fully saturated rings. The molecule has 1 heterocycles. The van der Waals surface area contributed by atoms with E-state index in [4.69, 9.17) is 22.7 Å². The molecule has 1 aromatic carbocycles. The number of ether oxygens (including phenoxy) is 1. The fourth-order valence-electron chi connectivity index (χ4n) is 1.37. The van der Waals surface area contributed by atoms with E-state index < -0.39 is 0 Å². The lowest BCUT2D eigenvalue weighted by atomic mass is 10.2. The first-order chi connectivity index (χ1) is 8.68. The Labute approximate surface area is 118 Å². The van der Waals surface area contributed by atoms with Crippen LogP contribution in [0.2, 0.25) is 0 Å². The summed E-state index contributed by atoms with van der Waals surface area (Å²) >= 11 is 8.38. The van der Waals surface area contributed by atoms with Gasteiger partial charge >= 0.3 is 0 Å². The van der Waals surface area contributed by atoms with E-state index in [-0.39, 0.29) is 4.99 Å². The first-order valence-electron chi connectivity index (χ1n) is 5.16. The van der Waals surface area contributed by atoms with Crippen LogP contribution in [0.25, 0.3) is 0 Å². The van der Waals surface area contributed by atoms with E-state index in [1.807, 2.05) is 24.3 Å². The molecule has 0 spiro atoms. The number of nitrogens with two attached hydrogens (primary N) is 1. The fourth-order valence-corrected chi connectivity index (χ4v) is 1.93. The average Bonchev–Trinajstić information content (AvgIpc) is 2.38. The molecular weight excluding hydrogens is 314 g/mol. The molecule has 4 nitrogen and oxygen atoms in total. The number of aromatic nitrogens is 2. The van der Waals surface area contributed by atoms with Crippen molar-refractivity contribution in [3.8, 4) is 5.88 Å². The highest BCUT2D eigenvalue weighted by molar-refractivity contribution is 9.10. The summed E-state index contributed by atoms with van der Waals surface area (Å²) in [5.41, 5.74) is 7.19. The second-order valence-electron chi connectivity index (χ2n) is 3.49. The molecular formula is C12H10BrN3OS. The molecule has 2 aromatic rings. The van der Waals surface area contributed by atoms with Crippen molar-refractivity contribution < 1.29 is 4.74 Å². The Hall–Kier alpha value is -1.53. The summed E-state index contributed by atoms with van der Waals surface area (Å²) in [5.74, 6) is 0.348. The molecule has 1 aromatic heterocycles. The van der Waals surface area contributed by atoms with E-state index in [0.29, 0.717) is 18.1 Å². The maximum atomic E-state index is 5.59. The fraction of sp³-hybridized carbons (Fsp3) is 0.0833. The lowest BCUT2D eigenvalue weighted by Gasteiger charge is -2.09. The Morgan fingerprint density at radius 2 is 2.11 bits per heavy atom. The van der Waals surface area contributed by atoms with E-state index in [1.165, 1.54) is 6.20 Å². The van der Waals surface area contributed by atoms with Gasteiger partial charge in [0.05, 0.1) is 11.8 Å². The molecule has 0 radical (unpaired) electrons. The Balaban J connectivity index is 2.16. The summed E-state index contributed by atoms with van der Waals surface area (Å²) in [6.07, 6.45) is 1.53. The lowest BCUT2D eigenvalue weighted by molar-refractivity contribution is 0.289. The number of thiocarbonyl (C=S) groups is 1. The average molecular weight is 324 g/mol. The van der Waals surface area contributed by atoms with E-state index in [0.717, 1.165) is 10.0 Å². The molecule has 0 saturated heterocycles. The molecule has 0 unspecified atom stereocenters. The number of hydrogen-bond donors (Lipinski definition) is 1. The van der Waals surface area contributed by atoms with Crippen molar-refractivity contribution in [1.82, 2.24) is 10.2 Å². The summed E-state index contributed by atoms with van der Waals surface area (Å²) in [5, 5.41) is 7.65. The van der Waals surface area contributed by atoms with Gasteiger partial charge in [0.15, 0.2) is 0 Å². The maximum absolute atomic E-state index is 5.59. The molecule has 2 N–H and O–H groups in total. The van der Waals surface area contributed by atoms with E-state index >= 15 is 0 Å². The van der Waals surface area contributed by atoms with E-state index in [9.17, 15) is 0 Å². The first kappa shape index (κ1) is 12.9. The summed E-state index contributed by atoms with van der Waals surface area (Å²) in [4.78, 5) is 0.243. The predicted molar refractivity (Wildman–Crippen MR) is 76.4 cm³/mol. The van der Waals surface area contributed by atoms with Crippen LogP contribution in [0.4, 0.5) is 0 Å². The van der Waals surface area contributed by atoms with Gasteiger partial charge in [-0.05, 0) is 12.1 Å². The normalized spacial score (nSPS) is 10.1. The van der Waals surface area contributed by atoms with Gasteiger partial charge in [0.25, 0.3) is 0 Å². The molecule has 6 heteroatoms. The van der Waals surface area contributed by atoms with Crippen molar-refractivity contribution in [3.63, 3.8) is 0 Å². The van der Waals surface area contributed by atoms with Gasteiger partial charge in [-0.25, -0.2) is 0 Å². The van der Waals surface area contributed by atoms with Crippen LogP contribution >= 0.6 is 28.1 Å². The topological polar surface area (TPSA) is 61.0 Å². The third-order valence-electron chi connectivity index (χ3n) is 2.27. The molecule has 0 bridgehead atoms. The zero-order valence-electron chi connectivity index (χ0n) is 9.34. The first-order valence-corrected chi connectivity index (χ1v) is 6.36. The van der Waals surface area contributed by atoms with Crippen LogP contribution in [0, 0.1) is 0 Å². The Bertz CT molecular complexity index is 577. The molecule has 0 saturated carbocycles. The zero-order valence-corrected chi connectivity index (χ0v) is 11.7. The largest absolute Gasteiger partial charge is 0.471 e. The van der Waals surface area contributed by atoms with Crippen LogP contribution in [0.3, 0.4) is 0 Å². The monoisotopic (exact) mass is 323 g/mol. The molecule has 0 aliphatic carbocycles. The van der Waals surface area contributed by atoms with Gasteiger partial charge in [-0.3, -0.25) is 0 Å². The van der Waals surface area contributed by atoms with E-state index in [1.54, 1.807) is 6.07 Å². The summed E-state index contributed by atoms with van der Waals surface area (Å²) < 4.78 is 6.57. The van der Waals surface area contributed by atoms with Crippen LogP contribution < -0.4 is 10.5 Å². The summed E-state index contributed by atoms with van der Waals surface area (Å²) in [6, 6.07) is 9.47. The molecule has 0 amide bonds. The highest BCUT2D eigenvalue weighted by atomic mass is 79.9. The van der Waals surface area contributed by atoms with Gasteiger partial charge in [0, 0.05) is 10.0 Å². The Kier molecular flexibility index (Phi) is 4.22. The number of halogens is 1. The van der Waals surface area contributed by atoms with Crippen molar-refractivity contribution in [2.24, 2.45) is 5.73 Å². The van der Waals surface area contributed by atoms with Gasteiger partial charge in [-0.2, -0.15) is 5.10 Å². The van der Waals surface area contributed by atoms with Crippen LogP contribution in [-0.2, 0) is 6.61 Å². The van der Waals surface area contributed by atoms with Crippen molar-refractivity contribution >= 4 is 33.1 Å². The smallest absolute Gasteiger partial charge is 0.244 e. The van der Waals surface area contributed by atoms with Crippen molar-refractivity contribution in [2.75, 3.05) is 0 Å². The lowest BCUT2D eigenvalue weighted by Crippen LogP contribution is -2.13. The quantitative estimate of drug-likeness (QED) is 0.876. The molecule has 0 aliphatic heterocycles. The Morgan fingerprint density at radius 1 is 1.33 bits per heavy atom. The molecule has 18 heavy (non-hydrogen) atoms. The van der Waals surface area contributed by atoms with Gasteiger partial charge in [-0.15, -0.1) is 5.10 Å². The Morgan fingerprint density at radius 3 is 2.83 bits per heavy atom. The van der Waals surface area contributed by atoms with Crippen molar-refractivity contribution in [3.05, 3.63) is 52.1 Å².